The molecular formula is C16H17N3O4. The molecule has 1 N–H and O–H groups in total. The first kappa shape index (κ1) is 15.2. The van der Waals surface area contributed by atoms with Gasteiger partial charge in [0.15, 0.2) is 0 Å². The Morgan fingerprint density at radius 1 is 1.30 bits per heavy atom. The zero-order valence-electron chi connectivity index (χ0n) is 12.5. The Bertz CT molecular complexity index is 814. The molecule has 3 rings (SSSR count). The van der Waals surface area contributed by atoms with Gasteiger partial charge in [0.1, 0.15) is 6.54 Å². The lowest BCUT2D eigenvalue weighted by Crippen LogP contribution is -2.43. The van der Waals surface area contributed by atoms with Gasteiger partial charge in [-0.3, -0.25) is 19.1 Å². The van der Waals surface area contributed by atoms with Gasteiger partial charge in [-0.2, -0.15) is 5.10 Å². The summed E-state index contributed by atoms with van der Waals surface area (Å²) in [4.78, 5) is 36.9. The zero-order valence-corrected chi connectivity index (χ0v) is 12.5. The highest BCUT2D eigenvalue weighted by Gasteiger charge is 2.28. The van der Waals surface area contributed by atoms with Crippen LogP contribution in [0.2, 0.25) is 0 Å². The van der Waals surface area contributed by atoms with Crippen molar-refractivity contribution in [1.82, 2.24) is 14.7 Å². The molecule has 1 unspecified atom stereocenters. The van der Waals surface area contributed by atoms with E-state index in [2.05, 4.69) is 5.10 Å². The monoisotopic (exact) mass is 315 g/mol. The number of piperidine rings is 1. The number of aliphatic carboxylic acids is 1. The van der Waals surface area contributed by atoms with Crippen LogP contribution in [0.5, 0.6) is 0 Å². The first-order valence-corrected chi connectivity index (χ1v) is 7.51. The molecule has 0 bridgehead atoms. The Balaban J connectivity index is 1.82. The lowest BCUT2D eigenvalue weighted by molar-refractivity contribution is -0.145. The molecule has 23 heavy (non-hydrogen) atoms. The molecule has 1 atom stereocenters. The minimum Gasteiger partial charge on any atom is -0.481 e. The van der Waals surface area contributed by atoms with Gasteiger partial charge >= 0.3 is 5.97 Å². The van der Waals surface area contributed by atoms with E-state index in [0.29, 0.717) is 30.3 Å². The van der Waals surface area contributed by atoms with Crippen LogP contribution in [0, 0.1) is 5.92 Å². The number of nitrogens with zero attached hydrogens (tertiary/aromatic N) is 3. The van der Waals surface area contributed by atoms with Gasteiger partial charge in [0.25, 0.3) is 0 Å². The van der Waals surface area contributed by atoms with E-state index in [1.54, 1.807) is 29.2 Å². The Morgan fingerprint density at radius 2 is 2.09 bits per heavy atom. The van der Waals surface area contributed by atoms with Crippen molar-refractivity contribution in [3.63, 3.8) is 0 Å². The second-order valence-electron chi connectivity index (χ2n) is 5.70. The van der Waals surface area contributed by atoms with E-state index in [4.69, 9.17) is 5.11 Å². The first-order chi connectivity index (χ1) is 11.1. The number of carboxylic acids is 1. The number of likely N-dealkylation sites (tertiary alicyclic amines) is 1. The fourth-order valence-corrected chi connectivity index (χ4v) is 2.92. The lowest BCUT2D eigenvalue weighted by Gasteiger charge is -2.30. The summed E-state index contributed by atoms with van der Waals surface area (Å²) in [6.45, 7) is 0.778. The number of carboxylic acid groups (broad SMARTS) is 1. The number of para-hydroxylation sites is 1. The van der Waals surface area contributed by atoms with E-state index in [1.165, 1.54) is 10.9 Å². The molecular weight excluding hydrogens is 298 g/mol. The van der Waals surface area contributed by atoms with Gasteiger partial charge in [-0.1, -0.05) is 12.1 Å². The molecule has 1 aliphatic rings. The number of hydrogen-bond donors (Lipinski definition) is 1. The molecule has 1 aliphatic heterocycles. The van der Waals surface area contributed by atoms with E-state index in [0.717, 1.165) is 0 Å². The Kier molecular flexibility index (Phi) is 4.10. The quantitative estimate of drug-likeness (QED) is 0.901. The number of fused-ring (bicyclic) bond motifs is 1. The maximum Gasteiger partial charge on any atom is 0.308 e. The van der Waals surface area contributed by atoms with Crippen molar-refractivity contribution in [2.45, 2.75) is 19.4 Å². The summed E-state index contributed by atoms with van der Waals surface area (Å²) in [6, 6.07) is 6.98. The number of hydrogen-bond acceptors (Lipinski definition) is 4. The summed E-state index contributed by atoms with van der Waals surface area (Å²) in [5.74, 6) is -1.56. The fourth-order valence-electron chi connectivity index (χ4n) is 2.92. The van der Waals surface area contributed by atoms with E-state index in [-0.39, 0.29) is 24.4 Å². The summed E-state index contributed by atoms with van der Waals surface area (Å²) in [5.41, 5.74) is 0.411. The van der Waals surface area contributed by atoms with Crippen LogP contribution in [0.25, 0.3) is 10.9 Å². The highest BCUT2D eigenvalue weighted by molar-refractivity contribution is 5.82. The maximum absolute atomic E-state index is 12.5. The van der Waals surface area contributed by atoms with Crippen LogP contribution in [0.3, 0.4) is 0 Å². The minimum atomic E-state index is -0.866. The molecule has 1 aromatic heterocycles. The fraction of sp³-hybridized carbons (Fsp3) is 0.375. The molecule has 120 valence electrons. The van der Waals surface area contributed by atoms with Crippen molar-refractivity contribution >= 4 is 22.8 Å². The van der Waals surface area contributed by atoms with Crippen LogP contribution in [-0.2, 0) is 16.1 Å². The largest absolute Gasteiger partial charge is 0.481 e. The molecule has 2 aromatic rings. The molecule has 7 heteroatoms. The van der Waals surface area contributed by atoms with Crippen LogP contribution in [0.4, 0.5) is 0 Å². The average Bonchev–Trinajstić information content (AvgIpc) is 2.57. The van der Waals surface area contributed by atoms with Crippen molar-refractivity contribution in [3.05, 3.63) is 40.7 Å². The third-order valence-corrected chi connectivity index (χ3v) is 4.17. The molecule has 1 amide bonds. The normalized spacial score (nSPS) is 18.1. The average molecular weight is 315 g/mol. The van der Waals surface area contributed by atoms with Crippen LogP contribution >= 0.6 is 0 Å². The van der Waals surface area contributed by atoms with Crippen LogP contribution in [0.1, 0.15) is 12.8 Å². The molecule has 0 spiro atoms. The van der Waals surface area contributed by atoms with Gasteiger partial charge in [-0.05, 0) is 25.0 Å². The van der Waals surface area contributed by atoms with Gasteiger partial charge in [-0.15, -0.1) is 0 Å². The molecule has 0 radical (unpaired) electrons. The van der Waals surface area contributed by atoms with Gasteiger partial charge < -0.3 is 10.0 Å². The number of aromatic nitrogens is 2. The smallest absolute Gasteiger partial charge is 0.308 e. The number of carbonyl (C=O) groups excluding carboxylic acids is 1. The van der Waals surface area contributed by atoms with E-state index < -0.39 is 11.9 Å². The summed E-state index contributed by atoms with van der Waals surface area (Å²) in [7, 11) is 0. The third-order valence-electron chi connectivity index (χ3n) is 4.17. The van der Waals surface area contributed by atoms with Crippen molar-refractivity contribution in [2.75, 3.05) is 13.1 Å². The number of amides is 1. The molecule has 0 aliphatic carbocycles. The SMILES string of the molecule is O=C(O)C1CCCN(C(=O)Cn2ncc(=O)c3ccccc32)C1. The molecule has 2 heterocycles. The highest BCUT2D eigenvalue weighted by atomic mass is 16.4. The second kappa shape index (κ2) is 6.20. The van der Waals surface area contributed by atoms with Crippen LogP contribution < -0.4 is 5.43 Å². The zero-order chi connectivity index (χ0) is 16.4. The summed E-state index contributed by atoms with van der Waals surface area (Å²) in [6.07, 6.45) is 2.48. The van der Waals surface area contributed by atoms with E-state index in [9.17, 15) is 14.4 Å². The van der Waals surface area contributed by atoms with Gasteiger partial charge in [-0.25, -0.2) is 0 Å². The van der Waals surface area contributed by atoms with Crippen LogP contribution in [-0.4, -0.2) is 44.8 Å². The summed E-state index contributed by atoms with van der Waals surface area (Å²) in [5, 5.41) is 13.7. The van der Waals surface area contributed by atoms with Crippen molar-refractivity contribution in [3.8, 4) is 0 Å². The molecule has 1 saturated heterocycles. The Hall–Kier alpha value is -2.70. The molecule has 0 saturated carbocycles. The number of rotatable bonds is 3. The number of benzene rings is 1. The Labute approximate surface area is 132 Å². The van der Waals surface area contributed by atoms with Crippen molar-refractivity contribution < 1.29 is 14.7 Å². The van der Waals surface area contributed by atoms with Gasteiger partial charge in [0, 0.05) is 18.5 Å². The highest BCUT2D eigenvalue weighted by Crippen LogP contribution is 2.17. The first-order valence-electron chi connectivity index (χ1n) is 7.51. The molecule has 1 fully saturated rings. The predicted octanol–water partition coefficient (Wildman–Crippen LogP) is 0.720. The van der Waals surface area contributed by atoms with Gasteiger partial charge in [0.2, 0.25) is 11.3 Å². The predicted molar refractivity (Wildman–Crippen MR) is 82.9 cm³/mol. The second-order valence-corrected chi connectivity index (χ2v) is 5.70. The standard InChI is InChI=1S/C16H17N3O4/c20-14-8-17-19(13-6-2-1-5-12(13)14)10-15(21)18-7-3-4-11(9-18)16(22)23/h1-2,5-6,8,11H,3-4,7,9-10H2,(H,22,23). The molecule has 7 nitrogen and oxygen atoms in total. The summed E-state index contributed by atoms with van der Waals surface area (Å²) >= 11 is 0. The maximum atomic E-state index is 12.5. The number of carbonyl (C=O) groups is 2. The molecule has 1 aromatic carbocycles. The minimum absolute atomic E-state index is 0.00681. The van der Waals surface area contributed by atoms with Crippen molar-refractivity contribution in [1.29, 1.82) is 0 Å². The lowest BCUT2D eigenvalue weighted by atomic mass is 9.98. The van der Waals surface area contributed by atoms with Gasteiger partial charge in [0.05, 0.1) is 17.6 Å². The van der Waals surface area contributed by atoms with Crippen LogP contribution in [0.15, 0.2) is 35.3 Å². The summed E-state index contributed by atoms with van der Waals surface area (Å²) < 4.78 is 1.49. The third kappa shape index (κ3) is 3.08. The van der Waals surface area contributed by atoms with E-state index >= 15 is 0 Å². The van der Waals surface area contributed by atoms with E-state index in [1.807, 2.05) is 0 Å². The topological polar surface area (TPSA) is 92.5 Å². The Morgan fingerprint density at radius 3 is 2.87 bits per heavy atom. The van der Waals surface area contributed by atoms with Crippen molar-refractivity contribution in [2.24, 2.45) is 5.92 Å².